The molecule has 1 N–H and O–H groups in total. The average Bonchev–Trinajstić information content (AvgIpc) is 2.46. The van der Waals surface area contributed by atoms with Crippen molar-refractivity contribution in [1.82, 2.24) is 9.71 Å². The van der Waals surface area contributed by atoms with Crippen LogP contribution in [0.4, 0.5) is 0 Å². The average molecular weight is 301 g/mol. The lowest BCUT2D eigenvalue weighted by molar-refractivity contribution is 0.580. The third kappa shape index (κ3) is 3.45. The fourth-order valence-corrected chi connectivity index (χ4v) is 3.18. The van der Waals surface area contributed by atoms with Gasteiger partial charge in [0.15, 0.2) is 0 Å². The molecular weight excluding hydrogens is 286 g/mol. The summed E-state index contributed by atoms with van der Waals surface area (Å²) in [4.78, 5) is 4.17. The lowest BCUT2D eigenvalue weighted by Gasteiger charge is -2.10. The fraction of sp³-hybridized carbons (Fsp3) is 0.200. The molecule has 0 aliphatic carbocycles. The van der Waals surface area contributed by atoms with Crippen molar-refractivity contribution in [1.29, 1.82) is 5.26 Å². The summed E-state index contributed by atoms with van der Waals surface area (Å²) in [5, 5.41) is 8.82. The summed E-state index contributed by atoms with van der Waals surface area (Å²) in [5.74, 6) is 0. The molecule has 1 aromatic carbocycles. The van der Waals surface area contributed by atoms with Gasteiger partial charge < -0.3 is 0 Å². The van der Waals surface area contributed by atoms with Crippen molar-refractivity contribution in [3.8, 4) is 6.07 Å². The van der Waals surface area contributed by atoms with Crippen molar-refractivity contribution in [3.63, 3.8) is 0 Å². The van der Waals surface area contributed by atoms with E-state index in [2.05, 4.69) is 9.71 Å². The van der Waals surface area contributed by atoms with Crippen LogP contribution in [-0.4, -0.2) is 13.4 Å². The molecule has 0 unspecified atom stereocenters. The Morgan fingerprint density at radius 2 is 2.00 bits per heavy atom. The van der Waals surface area contributed by atoms with Crippen LogP contribution in [0.25, 0.3) is 0 Å². The molecule has 2 rings (SSSR count). The van der Waals surface area contributed by atoms with E-state index in [0.717, 1.165) is 11.1 Å². The summed E-state index contributed by atoms with van der Waals surface area (Å²) in [6.07, 6.45) is 3.31. The zero-order valence-corrected chi connectivity index (χ0v) is 12.6. The van der Waals surface area contributed by atoms with Gasteiger partial charge in [0, 0.05) is 18.9 Å². The van der Waals surface area contributed by atoms with Crippen LogP contribution in [0.5, 0.6) is 0 Å². The van der Waals surface area contributed by atoms with Gasteiger partial charge in [-0.25, -0.2) is 13.1 Å². The molecule has 1 aromatic heterocycles. The van der Waals surface area contributed by atoms with Gasteiger partial charge in [-0.15, -0.1) is 0 Å². The Hall–Kier alpha value is -2.23. The highest BCUT2D eigenvalue weighted by Gasteiger charge is 2.17. The lowest BCUT2D eigenvalue weighted by atomic mass is 10.2. The SMILES string of the molecule is Cc1ccncc1CNS(=O)(=O)c1ccc(C#N)cc1C. The van der Waals surface area contributed by atoms with E-state index in [1.807, 2.05) is 19.1 Å². The van der Waals surface area contributed by atoms with Crippen LogP contribution in [0, 0.1) is 25.2 Å². The zero-order chi connectivity index (χ0) is 15.5. The Labute approximate surface area is 124 Å². The summed E-state index contributed by atoms with van der Waals surface area (Å²) in [6.45, 7) is 3.75. The van der Waals surface area contributed by atoms with E-state index < -0.39 is 10.0 Å². The van der Waals surface area contributed by atoms with Crippen molar-refractivity contribution in [2.24, 2.45) is 0 Å². The normalized spacial score (nSPS) is 11.1. The molecule has 0 saturated heterocycles. The van der Waals surface area contributed by atoms with E-state index in [0.29, 0.717) is 11.1 Å². The molecule has 0 radical (unpaired) electrons. The van der Waals surface area contributed by atoms with Gasteiger partial charge in [0.05, 0.1) is 16.5 Å². The molecule has 0 saturated carbocycles. The lowest BCUT2D eigenvalue weighted by Crippen LogP contribution is -2.24. The number of nitrogens with one attached hydrogen (secondary N) is 1. The highest BCUT2D eigenvalue weighted by atomic mass is 32.2. The standard InChI is InChI=1S/C15H15N3O2S/c1-11-5-6-17-9-14(11)10-18-21(19,20)15-4-3-13(8-16)7-12(15)2/h3-7,9,18H,10H2,1-2H3. The Kier molecular flexibility index (Phi) is 4.36. The first kappa shape index (κ1) is 15.2. The predicted molar refractivity (Wildman–Crippen MR) is 78.9 cm³/mol. The molecule has 1 heterocycles. The molecule has 108 valence electrons. The zero-order valence-electron chi connectivity index (χ0n) is 11.8. The number of aryl methyl sites for hydroxylation is 2. The van der Waals surface area contributed by atoms with Gasteiger partial charge in [0.25, 0.3) is 0 Å². The van der Waals surface area contributed by atoms with Crippen molar-refractivity contribution in [2.75, 3.05) is 0 Å². The molecule has 21 heavy (non-hydrogen) atoms. The highest BCUT2D eigenvalue weighted by molar-refractivity contribution is 7.89. The van der Waals surface area contributed by atoms with Gasteiger partial charge in [-0.2, -0.15) is 5.26 Å². The second-order valence-electron chi connectivity index (χ2n) is 4.72. The summed E-state index contributed by atoms with van der Waals surface area (Å²) < 4.78 is 27.2. The first-order valence-corrected chi connectivity index (χ1v) is 7.82. The fourth-order valence-electron chi connectivity index (χ4n) is 1.95. The monoisotopic (exact) mass is 301 g/mol. The van der Waals surface area contributed by atoms with Crippen LogP contribution < -0.4 is 4.72 Å². The van der Waals surface area contributed by atoms with Crippen molar-refractivity contribution in [3.05, 3.63) is 58.9 Å². The third-order valence-corrected chi connectivity index (χ3v) is 4.76. The summed E-state index contributed by atoms with van der Waals surface area (Å²) in [7, 11) is -3.62. The van der Waals surface area contributed by atoms with Crippen molar-refractivity contribution >= 4 is 10.0 Å². The molecule has 0 amide bonds. The van der Waals surface area contributed by atoms with Gasteiger partial charge in [0.2, 0.25) is 10.0 Å². The van der Waals surface area contributed by atoms with E-state index >= 15 is 0 Å². The minimum absolute atomic E-state index is 0.182. The van der Waals surface area contributed by atoms with E-state index in [-0.39, 0.29) is 11.4 Å². The topological polar surface area (TPSA) is 82.8 Å². The van der Waals surface area contributed by atoms with Crippen LogP contribution in [-0.2, 0) is 16.6 Å². The van der Waals surface area contributed by atoms with E-state index in [1.165, 1.54) is 12.1 Å². The maximum absolute atomic E-state index is 12.3. The second kappa shape index (κ2) is 6.04. The van der Waals surface area contributed by atoms with E-state index in [9.17, 15) is 8.42 Å². The minimum atomic E-state index is -3.62. The quantitative estimate of drug-likeness (QED) is 0.937. The predicted octanol–water partition coefficient (Wildman–Crippen LogP) is 2.05. The molecule has 0 bridgehead atoms. The van der Waals surface area contributed by atoms with Gasteiger partial charge in [-0.1, -0.05) is 0 Å². The van der Waals surface area contributed by atoms with Crippen LogP contribution in [0.15, 0.2) is 41.6 Å². The van der Waals surface area contributed by atoms with Crippen LogP contribution >= 0.6 is 0 Å². The summed E-state index contributed by atoms with van der Waals surface area (Å²) in [6, 6.07) is 8.33. The maximum Gasteiger partial charge on any atom is 0.241 e. The number of benzene rings is 1. The molecule has 2 aromatic rings. The van der Waals surface area contributed by atoms with Crippen LogP contribution in [0.3, 0.4) is 0 Å². The van der Waals surface area contributed by atoms with Crippen LogP contribution in [0.2, 0.25) is 0 Å². The third-order valence-electron chi connectivity index (χ3n) is 3.19. The molecule has 5 nitrogen and oxygen atoms in total. The molecule has 0 aliphatic heterocycles. The van der Waals surface area contributed by atoms with Gasteiger partial charge in [-0.3, -0.25) is 4.98 Å². The molecule has 6 heteroatoms. The second-order valence-corrected chi connectivity index (χ2v) is 6.45. The number of rotatable bonds is 4. The molecule has 0 atom stereocenters. The Balaban J connectivity index is 2.24. The minimum Gasteiger partial charge on any atom is -0.264 e. The summed E-state index contributed by atoms with van der Waals surface area (Å²) in [5.41, 5.74) is 2.79. The van der Waals surface area contributed by atoms with Gasteiger partial charge >= 0.3 is 0 Å². The number of nitrogens with zero attached hydrogens (tertiary/aromatic N) is 2. The molecule has 0 fully saturated rings. The Morgan fingerprint density at radius 3 is 2.62 bits per heavy atom. The first-order chi connectivity index (χ1) is 9.94. The Morgan fingerprint density at radius 1 is 1.24 bits per heavy atom. The largest absolute Gasteiger partial charge is 0.264 e. The van der Waals surface area contributed by atoms with Crippen LogP contribution in [0.1, 0.15) is 22.3 Å². The number of aromatic nitrogens is 1. The van der Waals surface area contributed by atoms with E-state index in [4.69, 9.17) is 5.26 Å². The highest BCUT2D eigenvalue weighted by Crippen LogP contribution is 2.17. The summed E-state index contributed by atoms with van der Waals surface area (Å²) >= 11 is 0. The van der Waals surface area contributed by atoms with Crippen molar-refractivity contribution in [2.45, 2.75) is 25.3 Å². The Bertz CT molecular complexity index is 808. The first-order valence-electron chi connectivity index (χ1n) is 6.34. The molecule has 0 aliphatic rings. The van der Waals surface area contributed by atoms with Gasteiger partial charge in [0.1, 0.15) is 0 Å². The number of hydrogen-bond donors (Lipinski definition) is 1. The number of pyridine rings is 1. The van der Waals surface area contributed by atoms with Gasteiger partial charge in [-0.05, 0) is 54.8 Å². The number of sulfonamides is 1. The van der Waals surface area contributed by atoms with E-state index in [1.54, 1.807) is 25.4 Å². The number of hydrogen-bond acceptors (Lipinski definition) is 4. The maximum atomic E-state index is 12.3. The number of nitriles is 1. The molecular formula is C15H15N3O2S. The molecule has 0 spiro atoms. The van der Waals surface area contributed by atoms with Crippen molar-refractivity contribution < 1.29 is 8.42 Å². The smallest absolute Gasteiger partial charge is 0.241 e.